The third-order valence-electron chi connectivity index (χ3n) is 2.78. The molecule has 3 heteroatoms. The van der Waals surface area contributed by atoms with Crippen molar-refractivity contribution in [3.63, 3.8) is 0 Å². The number of phenolic OH excluding ortho intramolecular Hbond substituents is 1. The van der Waals surface area contributed by atoms with Gasteiger partial charge < -0.3 is 9.67 Å². The van der Waals surface area contributed by atoms with Crippen LogP contribution in [-0.4, -0.2) is 9.67 Å². The van der Waals surface area contributed by atoms with E-state index in [4.69, 9.17) is 0 Å². The van der Waals surface area contributed by atoms with Crippen molar-refractivity contribution >= 4 is 10.9 Å². The number of aromatic nitrogens is 1. The highest BCUT2D eigenvalue weighted by Gasteiger charge is 2.03. The number of hydrogen-bond donors (Lipinski definition) is 1. The van der Waals surface area contributed by atoms with Crippen molar-refractivity contribution in [3.8, 4) is 11.4 Å². The normalized spacial score (nSPS) is 10.9. The number of fused-ring (bicyclic) bond motifs is 1. The molecule has 0 saturated heterocycles. The van der Waals surface area contributed by atoms with Gasteiger partial charge in [-0.15, -0.1) is 0 Å². The molecule has 0 amide bonds. The second-order valence-corrected chi connectivity index (χ2v) is 3.91. The number of benzene rings is 2. The molecule has 0 radical (unpaired) electrons. The van der Waals surface area contributed by atoms with Gasteiger partial charge in [0.1, 0.15) is 11.6 Å². The van der Waals surface area contributed by atoms with Crippen LogP contribution in [-0.2, 0) is 0 Å². The molecule has 0 aliphatic rings. The Hall–Kier alpha value is -2.29. The highest BCUT2D eigenvalue weighted by molar-refractivity contribution is 5.83. The van der Waals surface area contributed by atoms with Crippen molar-refractivity contribution in [1.82, 2.24) is 4.57 Å². The Kier molecular flexibility index (Phi) is 2.11. The smallest absolute Gasteiger partial charge is 0.123 e. The predicted molar refractivity (Wildman–Crippen MR) is 64.9 cm³/mol. The highest BCUT2D eigenvalue weighted by Crippen LogP contribution is 2.24. The molecule has 0 bridgehead atoms. The molecular formula is C14H10FNO. The number of halogens is 1. The summed E-state index contributed by atoms with van der Waals surface area (Å²) in [5.41, 5.74) is 1.88. The molecule has 84 valence electrons. The van der Waals surface area contributed by atoms with Crippen molar-refractivity contribution in [2.24, 2.45) is 0 Å². The van der Waals surface area contributed by atoms with E-state index in [-0.39, 0.29) is 11.6 Å². The van der Waals surface area contributed by atoms with Gasteiger partial charge in [-0.25, -0.2) is 4.39 Å². The van der Waals surface area contributed by atoms with E-state index in [1.807, 2.05) is 22.9 Å². The standard InChI is InChI=1S/C14H10FNO/c15-11-1-3-12(4-2-11)16-8-7-10-9-13(17)5-6-14(10)16/h1-9,17H. The minimum absolute atomic E-state index is 0.245. The summed E-state index contributed by atoms with van der Waals surface area (Å²) in [6, 6.07) is 13.4. The topological polar surface area (TPSA) is 25.2 Å². The molecule has 1 N–H and O–H groups in total. The van der Waals surface area contributed by atoms with E-state index in [1.165, 1.54) is 12.1 Å². The lowest BCUT2D eigenvalue weighted by atomic mass is 10.2. The van der Waals surface area contributed by atoms with Crippen LogP contribution < -0.4 is 0 Å². The first-order valence-corrected chi connectivity index (χ1v) is 5.30. The van der Waals surface area contributed by atoms with E-state index in [1.54, 1.807) is 24.3 Å². The fourth-order valence-electron chi connectivity index (χ4n) is 1.96. The molecule has 0 aliphatic heterocycles. The number of phenols is 1. The molecule has 3 rings (SSSR count). The zero-order valence-corrected chi connectivity index (χ0v) is 8.97. The quantitative estimate of drug-likeness (QED) is 0.676. The largest absolute Gasteiger partial charge is 0.508 e. The third kappa shape index (κ3) is 1.65. The Bertz CT molecular complexity index is 670. The molecule has 2 nitrogen and oxygen atoms in total. The Labute approximate surface area is 97.5 Å². The molecule has 0 unspecified atom stereocenters. The van der Waals surface area contributed by atoms with Gasteiger partial charge in [-0.1, -0.05) is 0 Å². The minimum atomic E-state index is -0.247. The van der Waals surface area contributed by atoms with Crippen molar-refractivity contribution < 1.29 is 9.50 Å². The SMILES string of the molecule is Oc1ccc2c(ccn2-c2ccc(F)cc2)c1. The Balaban J connectivity index is 2.21. The zero-order chi connectivity index (χ0) is 11.8. The molecule has 2 aromatic carbocycles. The zero-order valence-electron chi connectivity index (χ0n) is 8.97. The van der Waals surface area contributed by atoms with Crippen LogP contribution in [0.1, 0.15) is 0 Å². The lowest BCUT2D eigenvalue weighted by Crippen LogP contribution is -1.91. The molecule has 1 aromatic heterocycles. The van der Waals surface area contributed by atoms with E-state index in [9.17, 15) is 9.50 Å². The van der Waals surface area contributed by atoms with Crippen LogP contribution in [0.15, 0.2) is 54.7 Å². The fourth-order valence-corrected chi connectivity index (χ4v) is 1.96. The van der Waals surface area contributed by atoms with Crippen LogP contribution >= 0.6 is 0 Å². The van der Waals surface area contributed by atoms with Crippen molar-refractivity contribution in [3.05, 3.63) is 60.5 Å². The summed E-state index contributed by atoms with van der Waals surface area (Å²) < 4.78 is 14.8. The van der Waals surface area contributed by atoms with Crippen molar-refractivity contribution in [2.45, 2.75) is 0 Å². The fraction of sp³-hybridized carbons (Fsp3) is 0. The van der Waals surface area contributed by atoms with Gasteiger partial charge in [-0.3, -0.25) is 0 Å². The first-order chi connectivity index (χ1) is 8.24. The lowest BCUT2D eigenvalue weighted by Gasteiger charge is -2.05. The van der Waals surface area contributed by atoms with Crippen LogP contribution in [0.3, 0.4) is 0 Å². The number of rotatable bonds is 1. The van der Waals surface area contributed by atoms with Gasteiger partial charge in [0.2, 0.25) is 0 Å². The van der Waals surface area contributed by atoms with Gasteiger partial charge in [0.25, 0.3) is 0 Å². The van der Waals surface area contributed by atoms with Crippen molar-refractivity contribution in [2.75, 3.05) is 0 Å². The summed E-state index contributed by atoms with van der Waals surface area (Å²) in [6.45, 7) is 0. The molecule has 0 aliphatic carbocycles. The van der Waals surface area contributed by atoms with Crippen LogP contribution in [0.2, 0.25) is 0 Å². The molecule has 3 aromatic rings. The Morgan fingerprint density at radius 1 is 0.941 bits per heavy atom. The summed E-state index contributed by atoms with van der Waals surface area (Å²) in [5, 5.41) is 10.3. The monoisotopic (exact) mass is 227 g/mol. The summed E-state index contributed by atoms with van der Waals surface area (Å²) in [6.07, 6.45) is 1.90. The van der Waals surface area contributed by atoms with E-state index >= 15 is 0 Å². The highest BCUT2D eigenvalue weighted by atomic mass is 19.1. The van der Waals surface area contributed by atoms with Crippen LogP contribution in [0, 0.1) is 5.82 Å². The second-order valence-electron chi connectivity index (χ2n) is 3.91. The average molecular weight is 227 g/mol. The summed E-state index contributed by atoms with van der Waals surface area (Å²) in [7, 11) is 0. The van der Waals surface area contributed by atoms with E-state index in [0.29, 0.717) is 0 Å². The number of hydrogen-bond acceptors (Lipinski definition) is 1. The lowest BCUT2D eigenvalue weighted by molar-refractivity contribution is 0.476. The molecule has 17 heavy (non-hydrogen) atoms. The predicted octanol–water partition coefficient (Wildman–Crippen LogP) is 3.48. The second kappa shape index (κ2) is 3.63. The van der Waals surface area contributed by atoms with E-state index in [0.717, 1.165) is 16.6 Å². The molecule has 0 atom stereocenters. The summed E-state index contributed by atoms with van der Waals surface area (Å²) in [5.74, 6) is -0.00258. The molecule has 1 heterocycles. The van der Waals surface area contributed by atoms with Crippen LogP contribution in [0.5, 0.6) is 5.75 Å². The van der Waals surface area contributed by atoms with Crippen molar-refractivity contribution in [1.29, 1.82) is 0 Å². The Morgan fingerprint density at radius 2 is 1.71 bits per heavy atom. The van der Waals surface area contributed by atoms with E-state index < -0.39 is 0 Å². The van der Waals surface area contributed by atoms with Gasteiger partial charge in [0.15, 0.2) is 0 Å². The summed E-state index contributed by atoms with van der Waals surface area (Å²) >= 11 is 0. The minimum Gasteiger partial charge on any atom is -0.508 e. The Morgan fingerprint density at radius 3 is 2.47 bits per heavy atom. The first-order valence-electron chi connectivity index (χ1n) is 5.30. The van der Waals surface area contributed by atoms with Crippen LogP contribution in [0.25, 0.3) is 16.6 Å². The van der Waals surface area contributed by atoms with Crippen LogP contribution in [0.4, 0.5) is 4.39 Å². The molecule has 0 fully saturated rings. The summed E-state index contributed by atoms with van der Waals surface area (Å²) in [4.78, 5) is 0. The molecule has 0 saturated carbocycles. The van der Waals surface area contributed by atoms with Gasteiger partial charge in [-0.2, -0.15) is 0 Å². The maximum Gasteiger partial charge on any atom is 0.123 e. The molecular weight excluding hydrogens is 217 g/mol. The van der Waals surface area contributed by atoms with Gasteiger partial charge >= 0.3 is 0 Å². The average Bonchev–Trinajstić information content (AvgIpc) is 2.73. The van der Waals surface area contributed by atoms with Gasteiger partial charge in [0, 0.05) is 17.3 Å². The number of aromatic hydroxyl groups is 1. The maximum absolute atomic E-state index is 12.9. The van der Waals surface area contributed by atoms with E-state index in [2.05, 4.69) is 0 Å². The maximum atomic E-state index is 12.9. The molecule has 0 spiro atoms. The number of nitrogens with zero attached hydrogens (tertiary/aromatic N) is 1. The first kappa shape index (κ1) is 9.90. The van der Waals surface area contributed by atoms with Gasteiger partial charge in [0.05, 0.1) is 5.52 Å². The van der Waals surface area contributed by atoms with Gasteiger partial charge in [-0.05, 0) is 48.5 Å². The third-order valence-corrected chi connectivity index (χ3v) is 2.78.